The summed E-state index contributed by atoms with van der Waals surface area (Å²) >= 11 is 0. The first kappa shape index (κ1) is 16.5. The zero-order valence-corrected chi connectivity index (χ0v) is 13.9. The minimum absolute atomic E-state index is 0.0363. The molecule has 1 aliphatic heterocycles. The van der Waals surface area contributed by atoms with E-state index in [0.29, 0.717) is 31.9 Å². The average molecular weight is 326 g/mol. The fourth-order valence-corrected chi connectivity index (χ4v) is 2.92. The van der Waals surface area contributed by atoms with E-state index in [0.717, 1.165) is 17.9 Å². The lowest BCUT2D eigenvalue weighted by Crippen LogP contribution is -2.36. The van der Waals surface area contributed by atoms with Crippen LogP contribution in [0.25, 0.3) is 0 Å². The van der Waals surface area contributed by atoms with Gasteiger partial charge in [-0.25, -0.2) is 0 Å². The first-order valence-electron chi connectivity index (χ1n) is 8.17. The largest absolute Gasteiger partial charge is 0.497 e. The van der Waals surface area contributed by atoms with Crippen LogP contribution in [-0.4, -0.2) is 49.2 Å². The smallest absolute Gasteiger partial charge is 0.253 e. The number of aromatic nitrogens is 1. The van der Waals surface area contributed by atoms with Gasteiger partial charge in [-0.1, -0.05) is 6.07 Å². The van der Waals surface area contributed by atoms with Gasteiger partial charge in [-0.3, -0.25) is 9.78 Å². The van der Waals surface area contributed by atoms with E-state index in [2.05, 4.69) is 4.98 Å². The van der Waals surface area contributed by atoms with Crippen molar-refractivity contribution in [3.05, 3.63) is 59.9 Å². The molecular formula is C19H22N2O3. The van der Waals surface area contributed by atoms with Crippen molar-refractivity contribution in [3.8, 4) is 5.75 Å². The third kappa shape index (κ3) is 4.11. The highest BCUT2D eigenvalue weighted by Crippen LogP contribution is 2.17. The van der Waals surface area contributed by atoms with Gasteiger partial charge in [-0.2, -0.15) is 0 Å². The van der Waals surface area contributed by atoms with Crippen LogP contribution in [0.15, 0.2) is 48.7 Å². The van der Waals surface area contributed by atoms with Gasteiger partial charge in [0.05, 0.1) is 20.3 Å². The monoisotopic (exact) mass is 326 g/mol. The maximum absolute atomic E-state index is 12.8. The summed E-state index contributed by atoms with van der Waals surface area (Å²) in [6.45, 7) is 2.52. The molecule has 1 aromatic carbocycles. The van der Waals surface area contributed by atoms with Crippen LogP contribution >= 0.6 is 0 Å². The zero-order valence-electron chi connectivity index (χ0n) is 13.9. The second-order valence-corrected chi connectivity index (χ2v) is 5.95. The van der Waals surface area contributed by atoms with Crippen LogP contribution in [0.1, 0.15) is 16.1 Å². The number of rotatable bonds is 4. The predicted molar refractivity (Wildman–Crippen MR) is 91.1 cm³/mol. The quantitative estimate of drug-likeness (QED) is 0.866. The third-order valence-corrected chi connectivity index (χ3v) is 4.19. The molecule has 0 radical (unpaired) electrons. The minimum atomic E-state index is 0.0363. The van der Waals surface area contributed by atoms with Crippen LogP contribution in [0.4, 0.5) is 0 Å². The minimum Gasteiger partial charge on any atom is -0.497 e. The fourth-order valence-electron chi connectivity index (χ4n) is 2.92. The van der Waals surface area contributed by atoms with E-state index in [9.17, 15) is 4.79 Å². The van der Waals surface area contributed by atoms with Crippen molar-refractivity contribution in [3.63, 3.8) is 0 Å². The van der Waals surface area contributed by atoms with Crippen LogP contribution in [0, 0.1) is 5.92 Å². The lowest BCUT2D eigenvalue weighted by atomic mass is 10.0. The van der Waals surface area contributed by atoms with Gasteiger partial charge in [0.2, 0.25) is 0 Å². The summed E-state index contributed by atoms with van der Waals surface area (Å²) in [5.74, 6) is 1.04. The van der Waals surface area contributed by atoms with E-state index in [4.69, 9.17) is 9.47 Å². The van der Waals surface area contributed by atoms with E-state index in [-0.39, 0.29) is 11.8 Å². The maximum atomic E-state index is 12.8. The molecule has 1 fully saturated rings. The Kier molecular flexibility index (Phi) is 5.43. The molecular weight excluding hydrogens is 304 g/mol. The van der Waals surface area contributed by atoms with E-state index in [1.165, 1.54) is 0 Å². The number of carbonyl (C=O) groups excluding carboxylic acids is 1. The number of nitrogens with zero attached hydrogens (tertiary/aromatic N) is 2. The van der Waals surface area contributed by atoms with Crippen molar-refractivity contribution < 1.29 is 14.3 Å². The Balaban J connectivity index is 1.68. The normalized spacial score (nSPS) is 18.0. The van der Waals surface area contributed by atoms with Gasteiger partial charge in [0.1, 0.15) is 5.75 Å². The van der Waals surface area contributed by atoms with Crippen molar-refractivity contribution in [1.29, 1.82) is 0 Å². The van der Waals surface area contributed by atoms with Gasteiger partial charge in [-0.15, -0.1) is 0 Å². The molecule has 1 aromatic heterocycles. The molecule has 2 heterocycles. The topological polar surface area (TPSA) is 51.7 Å². The highest BCUT2D eigenvalue weighted by atomic mass is 16.5. The molecule has 3 rings (SSSR count). The van der Waals surface area contributed by atoms with E-state index in [1.54, 1.807) is 25.4 Å². The highest BCUT2D eigenvalue weighted by Gasteiger charge is 2.24. The van der Waals surface area contributed by atoms with Gasteiger partial charge in [0, 0.05) is 36.5 Å². The molecule has 1 atom stereocenters. The number of hydrogen-bond acceptors (Lipinski definition) is 4. The molecule has 0 N–H and O–H groups in total. The molecule has 1 aliphatic rings. The van der Waals surface area contributed by atoms with Crippen LogP contribution in [-0.2, 0) is 11.2 Å². The molecule has 1 saturated heterocycles. The Hall–Kier alpha value is -2.40. The van der Waals surface area contributed by atoms with E-state index < -0.39 is 0 Å². The van der Waals surface area contributed by atoms with Crippen molar-refractivity contribution in [2.45, 2.75) is 6.42 Å². The lowest BCUT2D eigenvalue weighted by Gasteiger charge is -2.23. The number of pyridine rings is 1. The first-order chi connectivity index (χ1) is 11.8. The molecule has 2 aromatic rings. The molecule has 0 unspecified atom stereocenters. The second-order valence-electron chi connectivity index (χ2n) is 5.95. The summed E-state index contributed by atoms with van der Waals surface area (Å²) in [6.07, 6.45) is 2.61. The predicted octanol–water partition coefficient (Wildman–Crippen LogP) is 2.42. The first-order valence-corrected chi connectivity index (χ1v) is 8.17. The Morgan fingerprint density at radius 3 is 2.83 bits per heavy atom. The third-order valence-electron chi connectivity index (χ3n) is 4.19. The molecule has 5 heteroatoms. The van der Waals surface area contributed by atoms with Crippen LogP contribution in [0.2, 0.25) is 0 Å². The molecule has 5 nitrogen and oxygen atoms in total. The highest BCUT2D eigenvalue weighted by molar-refractivity contribution is 5.94. The van der Waals surface area contributed by atoms with E-state index in [1.807, 2.05) is 35.2 Å². The van der Waals surface area contributed by atoms with E-state index >= 15 is 0 Å². The van der Waals surface area contributed by atoms with Gasteiger partial charge < -0.3 is 14.4 Å². The Labute approximate surface area is 142 Å². The van der Waals surface area contributed by atoms with Crippen molar-refractivity contribution >= 4 is 5.91 Å². The number of amides is 1. The molecule has 126 valence electrons. The van der Waals surface area contributed by atoms with Gasteiger partial charge in [0.15, 0.2) is 0 Å². The van der Waals surface area contributed by atoms with Crippen LogP contribution < -0.4 is 4.74 Å². The van der Waals surface area contributed by atoms with Crippen LogP contribution in [0.3, 0.4) is 0 Å². The zero-order chi connectivity index (χ0) is 16.8. The summed E-state index contributed by atoms with van der Waals surface area (Å²) in [4.78, 5) is 19.0. The SMILES string of the molecule is COc1ccc(C(=O)N2CCOC[C@@H](Cc3ccccn3)C2)cc1. The Bertz CT molecular complexity index is 658. The molecule has 0 spiro atoms. The molecule has 1 amide bonds. The molecule has 24 heavy (non-hydrogen) atoms. The number of methoxy groups -OCH3 is 1. The summed E-state index contributed by atoms with van der Waals surface area (Å²) in [5, 5.41) is 0. The summed E-state index contributed by atoms with van der Waals surface area (Å²) in [5.41, 5.74) is 1.71. The van der Waals surface area contributed by atoms with Crippen molar-refractivity contribution in [2.24, 2.45) is 5.92 Å². The molecule has 0 aliphatic carbocycles. The van der Waals surface area contributed by atoms with Crippen molar-refractivity contribution in [2.75, 3.05) is 33.4 Å². The second kappa shape index (κ2) is 7.93. The van der Waals surface area contributed by atoms with Gasteiger partial charge in [-0.05, 0) is 42.8 Å². The number of ether oxygens (including phenoxy) is 2. The average Bonchev–Trinajstić information content (AvgIpc) is 2.87. The standard InChI is InChI=1S/C19H22N2O3/c1-23-18-7-5-16(6-8-18)19(22)21-10-11-24-14-15(13-21)12-17-4-2-3-9-20-17/h2-9,15H,10-14H2,1H3/t15-/m0/s1. The number of hydrogen-bond donors (Lipinski definition) is 0. The van der Waals surface area contributed by atoms with Gasteiger partial charge in [0.25, 0.3) is 5.91 Å². The number of carbonyl (C=O) groups is 1. The number of benzene rings is 1. The molecule has 0 bridgehead atoms. The molecule has 0 saturated carbocycles. The van der Waals surface area contributed by atoms with Gasteiger partial charge >= 0.3 is 0 Å². The van der Waals surface area contributed by atoms with Crippen LogP contribution in [0.5, 0.6) is 5.75 Å². The Morgan fingerprint density at radius 2 is 2.12 bits per heavy atom. The lowest BCUT2D eigenvalue weighted by molar-refractivity contribution is 0.0737. The summed E-state index contributed by atoms with van der Waals surface area (Å²) < 4.78 is 10.8. The summed E-state index contributed by atoms with van der Waals surface area (Å²) in [6, 6.07) is 13.1. The Morgan fingerprint density at radius 1 is 1.29 bits per heavy atom. The maximum Gasteiger partial charge on any atom is 0.253 e. The summed E-state index contributed by atoms with van der Waals surface area (Å²) in [7, 11) is 1.62. The van der Waals surface area contributed by atoms with Crippen molar-refractivity contribution in [1.82, 2.24) is 9.88 Å². The fraction of sp³-hybridized carbons (Fsp3) is 0.368.